The predicted molar refractivity (Wildman–Crippen MR) is 91.8 cm³/mol. The highest BCUT2D eigenvalue weighted by Gasteiger charge is 2.30. The Morgan fingerprint density at radius 2 is 1.77 bits per heavy atom. The standard InChI is InChI=1S/C17H12ClF3N4O/c1-10-15(16(26)25(24-10)14-7-5-12(18)6-8-14)23-22-13-4-2-3-11(9-13)17(19,20)21/h2-9,24H,1H3. The van der Waals surface area contributed by atoms with Gasteiger partial charge in [-0.05, 0) is 49.4 Å². The summed E-state index contributed by atoms with van der Waals surface area (Å²) in [6.07, 6.45) is -4.48. The van der Waals surface area contributed by atoms with E-state index in [2.05, 4.69) is 15.3 Å². The van der Waals surface area contributed by atoms with Crippen LogP contribution in [0.4, 0.5) is 24.5 Å². The van der Waals surface area contributed by atoms with Crippen molar-refractivity contribution in [2.45, 2.75) is 13.1 Å². The quantitative estimate of drug-likeness (QED) is 0.594. The molecule has 1 aromatic heterocycles. The molecule has 0 saturated carbocycles. The molecule has 0 amide bonds. The lowest BCUT2D eigenvalue weighted by Crippen LogP contribution is -2.13. The molecular formula is C17H12ClF3N4O. The molecule has 9 heteroatoms. The Labute approximate surface area is 150 Å². The summed E-state index contributed by atoms with van der Waals surface area (Å²) >= 11 is 5.83. The fourth-order valence-corrected chi connectivity index (χ4v) is 2.41. The van der Waals surface area contributed by atoms with Crippen LogP contribution in [0.15, 0.2) is 63.6 Å². The maximum absolute atomic E-state index is 12.7. The first-order valence-corrected chi connectivity index (χ1v) is 7.80. The number of benzene rings is 2. The number of halogens is 4. The fourth-order valence-electron chi connectivity index (χ4n) is 2.28. The van der Waals surface area contributed by atoms with Crippen LogP contribution in [-0.4, -0.2) is 9.78 Å². The van der Waals surface area contributed by atoms with Crippen LogP contribution in [-0.2, 0) is 6.18 Å². The SMILES string of the molecule is Cc1[nH]n(-c2ccc(Cl)cc2)c(=O)c1N=Nc1cccc(C(F)(F)F)c1. The van der Waals surface area contributed by atoms with E-state index in [1.165, 1.54) is 16.8 Å². The molecule has 0 radical (unpaired) electrons. The minimum absolute atomic E-state index is 0.00197. The zero-order chi connectivity index (χ0) is 18.9. The van der Waals surface area contributed by atoms with Crippen LogP contribution in [0.2, 0.25) is 5.02 Å². The summed E-state index contributed by atoms with van der Waals surface area (Å²) in [6.45, 7) is 1.62. The van der Waals surface area contributed by atoms with Crippen molar-refractivity contribution >= 4 is 23.0 Å². The lowest BCUT2D eigenvalue weighted by molar-refractivity contribution is -0.137. The molecule has 5 nitrogen and oxygen atoms in total. The van der Waals surface area contributed by atoms with Gasteiger partial charge in [0, 0.05) is 5.02 Å². The molecule has 134 valence electrons. The van der Waals surface area contributed by atoms with E-state index in [0.717, 1.165) is 12.1 Å². The van der Waals surface area contributed by atoms with E-state index in [4.69, 9.17) is 11.6 Å². The summed E-state index contributed by atoms with van der Waals surface area (Å²) in [4.78, 5) is 12.5. The third-order valence-electron chi connectivity index (χ3n) is 3.56. The minimum Gasteiger partial charge on any atom is -0.293 e. The second-order valence-electron chi connectivity index (χ2n) is 5.45. The maximum Gasteiger partial charge on any atom is 0.416 e. The molecule has 0 saturated heterocycles. The number of azo groups is 1. The van der Waals surface area contributed by atoms with Crippen molar-refractivity contribution in [2.75, 3.05) is 0 Å². The van der Waals surface area contributed by atoms with Gasteiger partial charge in [0.1, 0.15) is 0 Å². The molecule has 3 aromatic rings. The summed E-state index contributed by atoms with van der Waals surface area (Å²) in [6, 6.07) is 11.0. The summed E-state index contributed by atoms with van der Waals surface area (Å²) in [5, 5.41) is 11.0. The number of H-pyrrole nitrogens is 1. The van der Waals surface area contributed by atoms with E-state index in [0.29, 0.717) is 16.4 Å². The number of aryl methyl sites for hydroxylation is 1. The van der Waals surface area contributed by atoms with Crippen molar-refractivity contribution < 1.29 is 13.2 Å². The summed E-state index contributed by atoms with van der Waals surface area (Å²) in [7, 11) is 0. The minimum atomic E-state index is -4.48. The first kappa shape index (κ1) is 17.9. The van der Waals surface area contributed by atoms with Crippen molar-refractivity contribution in [3.05, 3.63) is 75.2 Å². The van der Waals surface area contributed by atoms with Crippen LogP contribution in [0.1, 0.15) is 11.3 Å². The molecule has 0 atom stereocenters. The molecule has 26 heavy (non-hydrogen) atoms. The van der Waals surface area contributed by atoms with Crippen LogP contribution >= 0.6 is 11.6 Å². The van der Waals surface area contributed by atoms with Crippen LogP contribution in [0.5, 0.6) is 0 Å². The topological polar surface area (TPSA) is 62.5 Å². The Hall–Kier alpha value is -2.87. The van der Waals surface area contributed by atoms with Gasteiger partial charge < -0.3 is 0 Å². The smallest absolute Gasteiger partial charge is 0.293 e. The molecule has 2 aromatic carbocycles. The molecule has 0 unspecified atom stereocenters. The third kappa shape index (κ3) is 3.70. The van der Waals surface area contributed by atoms with E-state index in [-0.39, 0.29) is 11.4 Å². The number of nitrogens with one attached hydrogen (secondary N) is 1. The van der Waals surface area contributed by atoms with Gasteiger partial charge in [-0.2, -0.15) is 18.3 Å². The van der Waals surface area contributed by atoms with Crippen molar-refractivity contribution in [3.63, 3.8) is 0 Å². The van der Waals surface area contributed by atoms with Gasteiger partial charge in [-0.3, -0.25) is 9.89 Å². The monoisotopic (exact) mass is 380 g/mol. The molecule has 0 spiro atoms. The maximum atomic E-state index is 12.7. The molecule has 1 heterocycles. The Kier molecular flexibility index (Phi) is 4.69. The lowest BCUT2D eigenvalue weighted by atomic mass is 10.2. The summed E-state index contributed by atoms with van der Waals surface area (Å²) in [5.41, 5.74) is -0.321. The highest BCUT2D eigenvalue weighted by Crippen LogP contribution is 2.31. The molecule has 0 aliphatic carbocycles. The number of rotatable bonds is 3. The van der Waals surface area contributed by atoms with E-state index < -0.39 is 17.3 Å². The number of hydrogen-bond donors (Lipinski definition) is 1. The normalized spacial score (nSPS) is 12.0. The Morgan fingerprint density at radius 3 is 2.42 bits per heavy atom. The van der Waals surface area contributed by atoms with Crippen LogP contribution in [0, 0.1) is 6.92 Å². The predicted octanol–water partition coefficient (Wildman–Crippen LogP) is 5.56. The van der Waals surface area contributed by atoms with Crippen molar-refractivity contribution in [3.8, 4) is 5.69 Å². The number of aromatic nitrogens is 2. The van der Waals surface area contributed by atoms with Crippen molar-refractivity contribution in [1.82, 2.24) is 9.78 Å². The van der Waals surface area contributed by atoms with Gasteiger partial charge in [-0.1, -0.05) is 17.7 Å². The molecule has 0 aliphatic heterocycles. The molecule has 0 bridgehead atoms. The fraction of sp³-hybridized carbons (Fsp3) is 0.118. The van der Waals surface area contributed by atoms with E-state index >= 15 is 0 Å². The summed E-state index contributed by atoms with van der Waals surface area (Å²) < 4.78 is 39.5. The molecule has 1 N–H and O–H groups in total. The first-order chi connectivity index (χ1) is 12.3. The zero-order valence-corrected chi connectivity index (χ0v) is 14.1. The van der Waals surface area contributed by atoms with Crippen molar-refractivity contribution in [1.29, 1.82) is 0 Å². The van der Waals surface area contributed by atoms with Gasteiger partial charge in [0.15, 0.2) is 5.69 Å². The highest BCUT2D eigenvalue weighted by molar-refractivity contribution is 6.30. The Balaban J connectivity index is 1.95. The third-order valence-corrected chi connectivity index (χ3v) is 3.82. The highest BCUT2D eigenvalue weighted by atomic mass is 35.5. The largest absolute Gasteiger partial charge is 0.416 e. The van der Waals surface area contributed by atoms with Gasteiger partial charge in [-0.25, -0.2) is 4.68 Å². The molecule has 0 fully saturated rings. The van der Waals surface area contributed by atoms with Crippen LogP contribution in [0.25, 0.3) is 5.69 Å². The molecule has 3 rings (SSSR count). The Bertz CT molecular complexity index is 1020. The average Bonchev–Trinajstić information content (AvgIpc) is 2.87. The first-order valence-electron chi connectivity index (χ1n) is 7.42. The van der Waals surface area contributed by atoms with E-state index in [1.54, 1.807) is 31.2 Å². The van der Waals surface area contributed by atoms with Gasteiger partial charge in [0.25, 0.3) is 5.56 Å². The van der Waals surface area contributed by atoms with Crippen molar-refractivity contribution in [2.24, 2.45) is 10.2 Å². The number of hydrogen-bond acceptors (Lipinski definition) is 3. The average molecular weight is 381 g/mol. The number of nitrogens with zero attached hydrogens (tertiary/aromatic N) is 3. The number of alkyl halides is 3. The molecular weight excluding hydrogens is 369 g/mol. The number of aromatic amines is 1. The van der Waals surface area contributed by atoms with Gasteiger partial charge in [0.2, 0.25) is 0 Å². The van der Waals surface area contributed by atoms with Gasteiger partial charge in [-0.15, -0.1) is 5.11 Å². The Morgan fingerprint density at radius 1 is 1.08 bits per heavy atom. The second kappa shape index (κ2) is 6.80. The van der Waals surface area contributed by atoms with Crippen LogP contribution < -0.4 is 5.56 Å². The second-order valence-corrected chi connectivity index (χ2v) is 5.89. The lowest BCUT2D eigenvalue weighted by Gasteiger charge is -2.05. The summed E-state index contributed by atoms with van der Waals surface area (Å²) in [5.74, 6) is 0. The van der Waals surface area contributed by atoms with Gasteiger partial charge in [0.05, 0.1) is 22.6 Å². The van der Waals surface area contributed by atoms with E-state index in [9.17, 15) is 18.0 Å². The molecule has 0 aliphatic rings. The van der Waals surface area contributed by atoms with E-state index in [1.807, 2.05) is 0 Å². The van der Waals surface area contributed by atoms with Gasteiger partial charge >= 0.3 is 6.18 Å². The van der Waals surface area contributed by atoms with Crippen LogP contribution in [0.3, 0.4) is 0 Å². The zero-order valence-electron chi connectivity index (χ0n) is 13.4.